The number of aliphatic hydroxyl groups excluding tert-OH is 1. The highest BCUT2D eigenvalue weighted by Gasteiger charge is 2.17. The third kappa shape index (κ3) is 5.26. The molecule has 3 N–H and O–H groups in total. The molecule has 1 aromatic heterocycles. The van der Waals surface area contributed by atoms with Crippen molar-refractivity contribution in [1.29, 1.82) is 0 Å². The first kappa shape index (κ1) is 18.3. The van der Waals surface area contributed by atoms with Crippen molar-refractivity contribution in [2.45, 2.75) is 32.4 Å². The molecule has 0 fully saturated rings. The first-order chi connectivity index (χ1) is 11.3. The molecule has 1 heterocycles. The second-order valence-electron chi connectivity index (χ2n) is 6.38. The lowest BCUT2D eigenvalue weighted by Crippen LogP contribution is -2.42. The Kier molecular flexibility index (Phi) is 5.87. The molecule has 0 radical (unpaired) electrons. The average Bonchev–Trinajstić information content (AvgIpc) is 3.00. The molecule has 0 bridgehead atoms. The van der Waals surface area contributed by atoms with E-state index in [0.717, 1.165) is 11.5 Å². The second-order valence-corrected chi connectivity index (χ2v) is 7.13. The normalized spacial score (nSPS) is 12.8. The number of ether oxygens (including phenoxy) is 1. The Bertz CT molecular complexity index is 679. The number of β-amino-alcohol motifs (C(OH)–C–C–N with tert-alkyl or cyclic N) is 1. The summed E-state index contributed by atoms with van der Waals surface area (Å²) >= 11 is 0.846. The van der Waals surface area contributed by atoms with Crippen LogP contribution in [0.1, 0.15) is 30.4 Å². The maximum Gasteiger partial charge on any atom is 0.349 e. The minimum absolute atomic E-state index is 0.0634. The van der Waals surface area contributed by atoms with Gasteiger partial charge in [0.15, 0.2) is 4.88 Å². The number of aliphatic hydroxyl groups is 1. The van der Waals surface area contributed by atoms with Crippen LogP contribution >= 0.6 is 11.5 Å². The van der Waals surface area contributed by atoms with E-state index in [1.54, 1.807) is 24.3 Å². The van der Waals surface area contributed by atoms with Crippen LogP contribution in [0.3, 0.4) is 0 Å². The highest BCUT2D eigenvalue weighted by atomic mass is 32.1. The van der Waals surface area contributed by atoms with Gasteiger partial charge in [0.25, 0.3) is 0 Å². The lowest BCUT2D eigenvalue weighted by molar-refractivity contribution is 0.0702. The van der Waals surface area contributed by atoms with Gasteiger partial charge in [0.2, 0.25) is 0 Å². The molecule has 1 aromatic carbocycles. The highest BCUT2D eigenvalue weighted by molar-refractivity contribution is 7.08. The van der Waals surface area contributed by atoms with E-state index in [1.165, 1.54) is 0 Å². The zero-order chi connectivity index (χ0) is 17.7. The minimum atomic E-state index is -1.05. The van der Waals surface area contributed by atoms with Crippen LogP contribution in [0.2, 0.25) is 0 Å². The van der Waals surface area contributed by atoms with Gasteiger partial charge in [-0.1, -0.05) is 4.49 Å². The van der Waals surface area contributed by atoms with E-state index in [0.29, 0.717) is 23.6 Å². The molecule has 0 saturated heterocycles. The molecular formula is C16H21N3O4S. The first-order valence-electron chi connectivity index (χ1n) is 7.48. The number of hydrogen-bond donors (Lipinski definition) is 3. The number of carboxylic acid groups (broad SMARTS) is 1. The predicted octanol–water partition coefficient (Wildman–Crippen LogP) is 2.03. The first-order valence-corrected chi connectivity index (χ1v) is 8.25. The number of benzene rings is 1. The van der Waals surface area contributed by atoms with E-state index in [9.17, 15) is 9.90 Å². The zero-order valence-corrected chi connectivity index (χ0v) is 14.6. The number of nitrogens with zero attached hydrogens (tertiary/aromatic N) is 2. The fourth-order valence-corrected chi connectivity index (χ4v) is 2.43. The maximum absolute atomic E-state index is 11.1. The zero-order valence-electron chi connectivity index (χ0n) is 13.8. The quantitative estimate of drug-likeness (QED) is 0.701. The molecule has 1 unspecified atom stereocenters. The molecule has 0 aliphatic rings. The van der Waals surface area contributed by atoms with Crippen LogP contribution in [0.25, 0.3) is 11.3 Å². The Labute approximate surface area is 144 Å². The van der Waals surface area contributed by atoms with Crippen molar-refractivity contribution in [3.8, 4) is 17.0 Å². The van der Waals surface area contributed by atoms with Crippen LogP contribution in [0.4, 0.5) is 0 Å². The summed E-state index contributed by atoms with van der Waals surface area (Å²) in [6, 6.07) is 6.87. The number of carbonyl (C=O) groups is 1. The van der Waals surface area contributed by atoms with Crippen molar-refractivity contribution in [1.82, 2.24) is 14.9 Å². The number of nitrogens with one attached hydrogen (secondary N) is 1. The molecule has 2 aromatic rings. The summed E-state index contributed by atoms with van der Waals surface area (Å²) in [7, 11) is 0. The molecule has 0 aliphatic carbocycles. The van der Waals surface area contributed by atoms with Crippen molar-refractivity contribution in [2.75, 3.05) is 13.2 Å². The second kappa shape index (κ2) is 7.69. The molecule has 0 amide bonds. The summed E-state index contributed by atoms with van der Waals surface area (Å²) in [6.45, 7) is 6.68. The summed E-state index contributed by atoms with van der Waals surface area (Å²) in [4.78, 5) is 11.2. The Hall–Kier alpha value is -2.03. The van der Waals surface area contributed by atoms with Gasteiger partial charge >= 0.3 is 5.97 Å². The summed E-state index contributed by atoms with van der Waals surface area (Å²) in [5.41, 5.74) is 0.934. The van der Waals surface area contributed by atoms with Gasteiger partial charge in [-0.15, -0.1) is 5.10 Å². The van der Waals surface area contributed by atoms with E-state index in [-0.39, 0.29) is 17.0 Å². The minimum Gasteiger partial charge on any atom is -0.491 e. The van der Waals surface area contributed by atoms with Gasteiger partial charge in [-0.25, -0.2) is 4.79 Å². The summed E-state index contributed by atoms with van der Waals surface area (Å²) < 4.78 is 9.22. The fourth-order valence-electron chi connectivity index (χ4n) is 1.90. The largest absolute Gasteiger partial charge is 0.491 e. The number of aromatic carboxylic acids is 1. The van der Waals surface area contributed by atoms with Crippen LogP contribution in [-0.4, -0.2) is 50.6 Å². The molecule has 0 aliphatic heterocycles. The number of carboxylic acids is 1. The van der Waals surface area contributed by atoms with Crippen molar-refractivity contribution < 1.29 is 19.7 Å². The predicted molar refractivity (Wildman–Crippen MR) is 91.6 cm³/mol. The van der Waals surface area contributed by atoms with Gasteiger partial charge in [-0.3, -0.25) is 0 Å². The van der Waals surface area contributed by atoms with Gasteiger partial charge in [-0.05, 0) is 56.6 Å². The lowest BCUT2D eigenvalue weighted by atomic mass is 10.1. The van der Waals surface area contributed by atoms with Crippen molar-refractivity contribution in [3.05, 3.63) is 29.1 Å². The van der Waals surface area contributed by atoms with Gasteiger partial charge in [0.1, 0.15) is 24.2 Å². The number of hydrogen-bond acceptors (Lipinski definition) is 7. The molecule has 8 heteroatoms. The molecule has 7 nitrogen and oxygen atoms in total. The van der Waals surface area contributed by atoms with Crippen molar-refractivity contribution >= 4 is 17.5 Å². The van der Waals surface area contributed by atoms with E-state index in [1.807, 2.05) is 20.8 Å². The average molecular weight is 351 g/mol. The van der Waals surface area contributed by atoms with Gasteiger partial charge in [0, 0.05) is 17.6 Å². The topological polar surface area (TPSA) is 105 Å². The number of aromatic nitrogens is 2. The maximum atomic E-state index is 11.1. The van der Waals surface area contributed by atoms with E-state index < -0.39 is 12.1 Å². The smallest absolute Gasteiger partial charge is 0.349 e. The van der Waals surface area contributed by atoms with E-state index in [2.05, 4.69) is 14.9 Å². The molecule has 1 atom stereocenters. The third-order valence-electron chi connectivity index (χ3n) is 3.12. The molecule has 0 saturated carbocycles. The molecule has 0 spiro atoms. The Morgan fingerprint density at radius 1 is 1.33 bits per heavy atom. The summed E-state index contributed by atoms with van der Waals surface area (Å²) in [5, 5.41) is 26.1. The highest BCUT2D eigenvalue weighted by Crippen LogP contribution is 2.25. The van der Waals surface area contributed by atoms with Gasteiger partial charge < -0.3 is 20.3 Å². The van der Waals surface area contributed by atoms with Crippen LogP contribution in [0, 0.1) is 0 Å². The Morgan fingerprint density at radius 2 is 2.00 bits per heavy atom. The van der Waals surface area contributed by atoms with Crippen molar-refractivity contribution in [2.24, 2.45) is 0 Å². The lowest BCUT2D eigenvalue weighted by Gasteiger charge is -2.22. The number of rotatable bonds is 7. The van der Waals surface area contributed by atoms with Gasteiger partial charge in [0.05, 0.1) is 0 Å². The van der Waals surface area contributed by atoms with Crippen LogP contribution in [-0.2, 0) is 0 Å². The van der Waals surface area contributed by atoms with Crippen molar-refractivity contribution in [3.63, 3.8) is 0 Å². The Balaban J connectivity index is 1.93. The molecule has 130 valence electrons. The SMILES string of the molecule is CC(C)(C)NCC(O)COc1ccc(-c2nnsc2C(=O)O)cc1. The van der Waals surface area contributed by atoms with Crippen LogP contribution < -0.4 is 10.1 Å². The molecule has 2 rings (SSSR count). The van der Waals surface area contributed by atoms with Crippen LogP contribution in [0.15, 0.2) is 24.3 Å². The van der Waals surface area contributed by atoms with E-state index in [4.69, 9.17) is 9.84 Å². The Morgan fingerprint density at radius 3 is 2.58 bits per heavy atom. The monoisotopic (exact) mass is 351 g/mol. The summed E-state index contributed by atoms with van der Waals surface area (Å²) in [5.74, 6) is -0.455. The van der Waals surface area contributed by atoms with Gasteiger partial charge in [-0.2, -0.15) is 0 Å². The third-order valence-corrected chi connectivity index (χ3v) is 3.83. The van der Waals surface area contributed by atoms with E-state index >= 15 is 0 Å². The fraction of sp³-hybridized carbons (Fsp3) is 0.438. The molecule has 24 heavy (non-hydrogen) atoms. The van der Waals surface area contributed by atoms with Crippen LogP contribution in [0.5, 0.6) is 5.75 Å². The molecular weight excluding hydrogens is 330 g/mol. The standard InChI is InChI=1S/C16H21N3O4S/c1-16(2,3)17-8-11(20)9-23-12-6-4-10(5-7-12)13-14(15(21)22)24-19-18-13/h4-7,11,17,20H,8-9H2,1-3H3,(H,21,22). The summed E-state index contributed by atoms with van der Waals surface area (Å²) in [6.07, 6.45) is -0.620.